The second kappa shape index (κ2) is 8.12. The number of benzene rings is 1. The van der Waals surface area contributed by atoms with Gasteiger partial charge in [-0.15, -0.1) is 0 Å². The van der Waals surface area contributed by atoms with Crippen LogP contribution in [0.4, 0.5) is 0 Å². The van der Waals surface area contributed by atoms with E-state index in [9.17, 15) is 8.42 Å². The van der Waals surface area contributed by atoms with Crippen LogP contribution in [-0.4, -0.2) is 46.6 Å². The molecule has 0 unspecified atom stereocenters. The molecule has 0 aliphatic rings. The van der Waals surface area contributed by atoms with Crippen molar-refractivity contribution in [3.05, 3.63) is 22.2 Å². The quantitative estimate of drug-likeness (QED) is 0.754. The molecule has 5 nitrogen and oxygen atoms in total. The van der Waals surface area contributed by atoms with Crippen molar-refractivity contribution in [3.8, 4) is 5.75 Å². The summed E-state index contributed by atoms with van der Waals surface area (Å²) in [4.78, 5) is 2.31. The lowest BCUT2D eigenvalue weighted by molar-refractivity contribution is 0.309. The van der Waals surface area contributed by atoms with E-state index in [0.29, 0.717) is 18.8 Å². The molecular weight excluding hydrogens is 356 g/mol. The second-order valence-corrected chi connectivity index (χ2v) is 7.27. The molecule has 1 aromatic carbocycles. The first-order valence-corrected chi connectivity index (χ1v) is 9.19. The molecule has 1 N–H and O–H groups in total. The molecule has 0 saturated carbocycles. The van der Waals surface area contributed by atoms with Crippen LogP contribution in [0.1, 0.15) is 19.4 Å². The van der Waals surface area contributed by atoms with Gasteiger partial charge in [0.05, 0.1) is 7.11 Å². The van der Waals surface area contributed by atoms with Crippen LogP contribution in [0.15, 0.2) is 21.5 Å². The number of nitrogens with one attached hydrogen (secondary N) is 1. The predicted octanol–water partition coefficient (Wildman–Crippen LogP) is 2.39. The third-order valence-corrected chi connectivity index (χ3v) is 5.69. The zero-order valence-electron chi connectivity index (χ0n) is 12.9. The first-order chi connectivity index (χ1) is 9.85. The summed E-state index contributed by atoms with van der Waals surface area (Å²) in [6.45, 7) is 8.85. The zero-order valence-corrected chi connectivity index (χ0v) is 15.3. The molecular formula is C14H23BrN2O3S. The molecule has 0 amide bonds. The van der Waals surface area contributed by atoms with E-state index in [1.807, 2.05) is 6.92 Å². The van der Waals surface area contributed by atoms with E-state index < -0.39 is 10.0 Å². The van der Waals surface area contributed by atoms with Crippen molar-refractivity contribution in [1.82, 2.24) is 9.62 Å². The average Bonchev–Trinajstić information content (AvgIpc) is 2.45. The van der Waals surface area contributed by atoms with Crippen LogP contribution in [0, 0.1) is 6.92 Å². The first-order valence-electron chi connectivity index (χ1n) is 6.91. The van der Waals surface area contributed by atoms with Crippen LogP contribution in [-0.2, 0) is 10.0 Å². The topological polar surface area (TPSA) is 58.6 Å². The van der Waals surface area contributed by atoms with E-state index in [4.69, 9.17) is 4.74 Å². The van der Waals surface area contributed by atoms with Crippen LogP contribution >= 0.6 is 15.9 Å². The third-order valence-electron chi connectivity index (χ3n) is 3.35. The Morgan fingerprint density at radius 1 is 1.29 bits per heavy atom. The van der Waals surface area contributed by atoms with E-state index in [-0.39, 0.29) is 4.90 Å². The summed E-state index contributed by atoms with van der Waals surface area (Å²) < 4.78 is 33.4. The molecule has 1 aromatic rings. The highest BCUT2D eigenvalue weighted by Gasteiger charge is 2.20. The second-order valence-electron chi connectivity index (χ2n) is 4.68. The number of hydrogen-bond donors (Lipinski definition) is 1. The summed E-state index contributed by atoms with van der Waals surface area (Å²) >= 11 is 3.36. The molecule has 0 aromatic heterocycles. The first kappa shape index (κ1) is 18.4. The van der Waals surface area contributed by atoms with Gasteiger partial charge in [0, 0.05) is 17.6 Å². The minimum absolute atomic E-state index is 0.155. The number of rotatable bonds is 8. The number of halogens is 1. The van der Waals surface area contributed by atoms with E-state index in [1.54, 1.807) is 12.1 Å². The third kappa shape index (κ3) is 4.95. The van der Waals surface area contributed by atoms with Crippen LogP contribution < -0.4 is 9.46 Å². The minimum atomic E-state index is -3.59. The zero-order chi connectivity index (χ0) is 16.0. The molecule has 0 fully saturated rings. The number of likely N-dealkylation sites (N-methyl/N-ethyl adjacent to an activating group) is 1. The molecule has 7 heteroatoms. The van der Waals surface area contributed by atoms with Gasteiger partial charge in [-0.1, -0.05) is 29.8 Å². The minimum Gasteiger partial charge on any atom is -0.495 e. The van der Waals surface area contributed by atoms with Gasteiger partial charge >= 0.3 is 0 Å². The van der Waals surface area contributed by atoms with Crippen molar-refractivity contribution < 1.29 is 13.2 Å². The van der Waals surface area contributed by atoms with Crippen molar-refractivity contribution in [2.45, 2.75) is 25.7 Å². The van der Waals surface area contributed by atoms with Gasteiger partial charge in [-0.25, -0.2) is 13.1 Å². The van der Waals surface area contributed by atoms with Gasteiger partial charge in [0.25, 0.3) is 0 Å². The Balaban J connectivity index is 2.90. The molecule has 0 atom stereocenters. The van der Waals surface area contributed by atoms with Crippen molar-refractivity contribution in [1.29, 1.82) is 0 Å². The van der Waals surface area contributed by atoms with Crippen LogP contribution in [0.5, 0.6) is 5.75 Å². The number of ether oxygens (including phenoxy) is 1. The summed E-state index contributed by atoms with van der Waals surface area (Å²) in [6.07, 6.45) is 0. The standard InChI is InChI=1S/C14H23BrN2O3S/c1-5-17(6-2)8-7-16-21(18,19)14-10-12(15)11(3)9-13(14)20-4/h9-10,16H,5-8H2,1-4H3. The molecule has 0 aliphatic heterocycles. The maximum Gasteiger partial charge on any atom is 0.244 e. The molecule has 120 valence electrons. The van der Waals surface area contributed by atoms with Crippen molar-refractivity contribution in [2.24, 2.45) is 0 Å². The Bertz CT molecular complexity index is 572. The summed E-state index contributed by atoms with van der Waals surface area (Å²) in [5.74, 6) is 0.353. The summed E-state index contributed by atoms with van der Waals surface area (Å²) in [6, 6.07) is 3.29. The fourth-order valence-electron chi connectivity index (χ4n) is 1.96. The number of methoxy groups -OCH3 is 1. The molecule has 0 aliphatic carbocycles. The van der Waals surface area contributed by atoms with Crippen LogP contribution in [0.2, 0.25) is 0 Å². The smallest absolute Gasteiger partial charge is 0.244 e. The van der Waals surface area contributed by atoms with E-state index in [2.05, 4.69) is 39.4 Å². The Morgan fingerprint density at radius 2 is 1.90 bits per heavy atom. The number of sulfonamides is 1. The van der Waals surface area contributed by atoms with Gasteiger partial charge < -0.3 is 9.64 Å². The highest BCUT2D eigenvalue weighted by molar-refractivity contribution is 9.10. The summed E-state index contributed by atoms with van der Waals surface area (Å²) in [5, 5.41) is 0. The average molecular weight is 379 g/mol. The molecule has 0 radical (unpaired) electrons. The van der Waals surface area contributed by atoms with Crippen molar-refractivity contribution in [2.75, 3.05) is 33.3 Å². The summed E-state index contributed by atoms with van der Waals surface area (Å²) in [7, 11) is -2.12. The monoisotopic (exact) mass is 378 g/mol. The lowest BCUT2D eigenvalue weighted by Crippen LogP contribution is -2.34. The van der Waals surface area contributed by atoms with Crippen molar-refractivity contribution >= 4 is 26.0 Å². The number of aryl methyl sites for hydroxylation is 1. The Hall–Kier alpha value is -0.630. The van der Waals surface area contributed by atoms with Gasteiger partial charge in [-0.3, -0.25) is 0 Å². The highest BCUT2D eigenvalue weighted by Crippen LogP contribution is 2.30. The maximum atomic E-state index is 12.4. The van der Waals surface area contributed by atoms with E-state index in [0.717, 1.165) is 23.1 Å². The fourth-order valence-corrected chi connectivity index (χ4v) is 3.65. The van der Waals surface area contributed by atoms with Gasteiger partial charge in [0.15, 0.2) is 0 Å². The highest BCUT2D eigenvalue weighted by atomic mass is 79.9. The van der Waals surface area contributed by atoms with Crippen LogP contribution in [0.3, 0.4) is 0 Å². The Labute approximate surface area is 135 Å². The van der Waals surface area contributed by atoms with Gasteiger partial charge in [0.1, 0.15) is 10.6 Å². The van der Waals surface area contributed by atoms with Gasteiger partial charge in [-0.2, -0.15) is 0 Å². The van der Waals surface area contributed by atoms with Gasteiger partial charge in [0.2, 0.25) is 10.0 Å². The summed E-state index contributed by atoms with van der Waals surface area (Å²) in [5.41, 5.74) is 0.925. The SMILES string of the molecule is CCN(CC)CCNS(=O)(=O)c1cc(Br)c(C)cc1OC. The Morgan fingerprint density at radius 3 is 2.43 bits per heavy atom. The molecule has 0 heterocycles. The lowest BCUT2D eigenvalue weighted by atomic mass is 10.2. The predicted molar refractivity (Wildman–Crippen MR) is 88.4 cm³/mol. The Kier molecular flexibility index (Phi) is 7.12. The van der Waals surface area contributed by atoms with Gasteiger partial charge in [-0.05, 0) is 37.7 Å². The largest absolute Gasteiger partial charge is 0.495 e. The van der Waals surface area contributed by atoms with Crippen LogP contribution in [0.25, 0.3) is 0 Å². The van der Waals surface area contributed by atoms with Crippen molar-refractivity contribution in [3.63, 3.8) is 0 Å². The maximum absolute atomic E-state index is 12.4. The van der Waals surface area contributed by atoms with E-state index in [1.165, 1.54) is 7.11 Å². The molecule has 21 heavy (non-hydrogen) atoms. The number of hydrogen-bond acceptors (Lipinski definition) is 4. The number of nitrogens with zero attached hydrogens (tertiary/aromatic N) is 1. The fraction of sp³-hybridized carbons (Fsp3) is 0.571. The molecule has 1 rings (SSSR count). The molecule has 0 bridgehead atoms. The molecule has 0 saturated heterocycles. The van der Waals surface area contributed by atoms with E-state index >= 15 is 0 Å². The lowest BCUT2D eigenvalue weighted by Gasteiger charge is -2.18. The normalized spacial score (nSPS) is 11.9. The molecule has 0 spiro atoms.